The molecular formula is C18H19FN4. The summed E-state index contributed by atoms with van der Waals surface area (Å²) in [6, 6.07) is 7.19. The quantitative estimate of drug-likeness (QED) is 0.749. The van der Waals surface area contributed by atoms with Gasteiger partial charge in [-0.15, -0.1) is 0 Å². The van der Waals surface area contributed by atoms with E-state index in [1.165, 1.54) is 11.8 Å². The van der Waals surface area contributed by atoms with E-state index in [4.69, 9.17) is 10.1 Å². The molecule has 0 radical (unpaired) electrons. The van der Waals surface area contributed by atoms with E-state index in [2.05, 4.69) is 16.1 Å². The Kier molecular flexibility index (Phi) is 3.38. The fourth-order valence-corrected chi connectivity index (χ4v) is 3.24. The molecule has 0 fully saturated rings. The lowest BCUT2D eigenvalue weighted by atomic mass is 10.0. The van der Waals surface area contributed by atoms with Crippen LogP contribution in [0.5, 0.6) is 0 Å². The summed E-state index contributed by atoms with van der Waals surface area (Å²) in [6.45, 7) is 6.68. The number of halogens is 1. The van der Waals surface area contributed by atoms with E-state index < -0.39 is 0 Å². The van der Waals surface area contributed by atoms with Gasteiger partial charge in [0.15, 0.2) is 0 Å². The fraction of sp³-hybridized carbons (Fsp3) is 0.333. The summed E-state index contributed by atoms with van der Waals surface area (Å²) in [5.74, 6) is -0.215. The smallest absolute Gasteiger partial charge is 0.124 e. The molecule has 1 aromatic carbocycles. The van der Waals surface area contributed by atoms with E-state index in [1.807, 2.05) is 19.9 Å². The van der Waals surface area contributed by atoms with Crippen LogP contribution in [0.2, 0.25) is 0 Å². The second-order valence-corrected chi connectivity index (χ2v) is 6.22. The molecule has 1 N–H and O–H groups in total. The second-order valence-electron chi connectivity index (χ2n) is 6.22. The molecule has 0 saturated carbocycles. The number of benzene rings is 1. The number of hydrogen-bond donors (Lipinski definition) is 1. The molecule has 4 nitrogen and oxygen atoms in total. The molecule has 1 aliphatic rings. The Labute approximate surface area is 134 Å². The van der Waals surface area contributed by atoms with E-state index in [0.717, 1.165) is 59.5 Å². The van der Waals surface area contributed by atoms with Gasteiger partial charge in [0.1, 0.15) is 11.5 Å². The Morgan fingerprint density at radius 2 is 1.96 bits per heavy atom. The zero-order chi connectivity index (χ0) is 16.0. The van der Waals surface area contributed by atoms with Gasteiger partial charge >= 0.3 is 0 Å². The standard InChI is InChI=1S/C18H19FN4/c1-11-7-16(21-18-12(2)6-13(19)8-15(11)18)17-9-14-10-20-4-3-5-23(14)22-17/h6-9,20H,3-5,10H2,1-2H3. The van der Waals surface area contributed by atoms with Gasteiger partial charge in [0.25, 0.3) is 0 Å². The number of aryl methyl sites for hydroxylation is 3. The van der Waals surface area contributed by atoms with Crippen molar-refractivity contribution in [2.24, 2.45) is 0 Å². The Morgan fingerprint density at radius 1 is 1.09 bits per heavy atom. The van der Waals surface area contributed by atoms with Gasteiger partial charge in [-0.25, -0.2) is 9.37 Å². The first-order valence-corrected chi connectivity index (χ1v) is 7.97. The highest BCUT2D eigenvalue weighted by Crippen LogP contribution is 2.27. The summed E-state index contributed by atoms with van der Waals surface area (Å²) >= 11 is 0. The number of nitrogens with one attached hydrogen (secondary N) is 1. The van der Waals surface area contributed by atoms with Crippen molar-refractivity contribution in [3.8, 4) is 11.4 Å². The van der Waals surface area contributed by atoms with Crippen LogP contribution in [0.3, 0.4) is 0 Å². The van der Waals surface area contributed by atoms with Crippen LogP contribution in [-0.4, -0.2) is 21.3 Å². The Bertz CT molecular complexity index is 874. The molecule has 1 aliphatic heterocycles. The average Bonchev–Trinajstić information content (AvgIpc) is 2.79. The topological polar surface area (TPSA) is 42.7 Å². The first-order valence-electron chi connectivity index (χ1n) is 7.97. The fourth-order valence-electron chi connectivity index (χ4n) is 3.24. The van der Waals surface area contributed by atoms with Crippen molar-refractivity contribution < 1.29 is 4.39 Å². The van der Waals surface area contributed by atoms with Gasteiger partial charge in [0.05, 0.1) is 16.9 Å². The molecule has 0 aliphatic carbocycles. The number of nitrogens with zero attached hydrogens (tertiary/aromatic N) is 3. The largest absolute Gasteiger partial charge is 0.311 e. The van der Waals surface area contributed by atoms with Gasteiger partial charge in [0, 0.05) is 18.5 Å². The van der Waals surface area contributed by atoms with Crippen molar-refractivity contribution in [1.82, 2.24) is 20.1 Å². The van der Waals surface area contributed by atoms with Gasteiger partial charge in [-0.1, -0.05) is 0 Å². The monoisotopic (exact) mass is 310 g/mol. The molecule has 0 saturated heterocycles. The Hall–Kier alpha value is -2.27. The Balaban J connectivity index is 1.86. The van der Waals surface area contributed by atoms with Gasteiger partial charge in [-0.05, 0) is 62.2 Å². The molecule has 3 heterocycles. The van der Waals surface area contributed by atoms with Gasteiger partial charge in [-0.2, -0.15) is 5.10 Å². The zero-order valence-corrected chi connectivity index (χ0v) is 13.4. The molecule has 2 aromatic heterocycles. The van der Waals surface area contributed by atoms with Crippen LogP contribution in [0.4, 0.5) is 4.39 Å². The third kappa shape index (κ3) is 2.51. The van der Waals surface area contributed by atoms with Crippen molar-refractivity contribution in [3.63, 3.8) is 0 Å². The lowest BCUT2D eigenvalue weighted by Gasteiger charge is -2.08. The molecule has 118 valence electrons. The van der Waals surface area contributed by atoms with Gasteiger partial charge < -0.3 is 5.32 Å². The van der Waals surface area contributed by atoms with Crippen LogP contribution >= 0.6 is 0 Å². The summed E-state index contributed by atoms with van der Waals surface area (Å²) in [5, 5.41) is 8.99. The maximum Gasteiger partial charge on any atom is 0.124 e. The van der Waals surface area contributed by atoms with Crippen LogP contribution in [0, 0.1) is 19.7 Å². The highest BCUT2D eigenvalue weighted by molar-refractivity contribution is 5.87. The minimum Gasteiger partial charge on any atom is -0.311 e. The summed E-state index contributed by atoms with van der Waals surface area (Å²) in [5.41, 5.74) is 5.65. The number of rotatable bonds is 1. The van der Waals surface area contributed by atoms with Crippen molar-refractivity contribution in [2.75, 3.05) is 6.54 Å². The molecule has 0 bridgehead atoms. The molecule has 0 atom stereocenters. The number of aromatic nitrogens is 3. The number of pyridine rings is 1. The average molecular weight is 310 g/mol. The van der Waals surface area contributed by atoms with Crippen molar-refractivity contribution in [2.45, 2.75) is 33.4 Å². The van der Waals surface area contributed by atoms with Crippen LogP contribution in [0.15, 0.2) is 24.3 Å². The maximum atomic E-state index is 13.6. The number of fused-ring (bicyclic) bond motifs is 2. The van der Waals surface area contributed by atoms with Crippen molar-refractivity contribution in [1.29, 1.82) is 0 Å². The second kappa shape index (κ2) is 5.42. The first kappa shape index (κ1) is 14.3. The van der Waals surface area contributed by atoms with Gasteiger partial charge in [0.2, 0.25) is 0 Å². The minimum atomic E-state index is -0.215. The molecule has 0 amide bonds. The van der Waals surface area contributed by atoms with Crippen molar-refractivity contribution >= 4 is 10.9 Å². The summed E-state index contributed by atoms with van der Waals surface area (Å²) < 4.78 is 15.7. The van der Waals surface area contributed by atoms with Crippen LogP contribution < -0.4 is 5.32 Å². The molecule has 0 unspecified atom stereocenters. The molecule has 5 heteroatoms. The normalized spacial score (nSPS) is 14.7. The van der Waals surface area contributed by atoms with Crippen molar-refractivity contribution in [3.05, 3.63) is 46.9 Å². The van der Waals surface area contributed by atoms with Crippen LogP contribution in [0.25, 0.3) is 22.3 Å². The Morgan fingerprint density at radius 3 is 2.83 bits per heavy atom. The minimum absolute atomic E-state index is 0.215. The maximum absolute atomic E-state index is 13.6. The van der Waals surface area contributed by atoms with E-state index in [9.17, 15) is 4.39 Å². The third-order valence-corrected chi connectivity index (χ3v) is 4.43. The summed E-state index contributed by atoms with van der Waals surface area (Å²) in [7, 11) is 0. The summed E-state index contributed by atoms with van der Waals surface area (Å²) in [4.78, 5) is 4.75. The van der Waals surface area contributed by atoms with Crippen LogP contribution in [0.1, 0.15) is 23.2 Å². The highest BCUT2D eigenvalue weighted by Gasteiger charge is 2.15. The van der Waals surface area contributed by atoms with E-state index in [0.29, 0.717) is 0 Å². The molecule has 4 rings (SSSR count). The summed E-state index contributed by atoms with van der Waals surface area (Å²) in [6.07, 6.45) is 1.08. The van der Waals surface area contributed by atoms with E-state index >= 15 is 0 Å². The van der Waals surface area contributed by atoms with Gasteiger partial charge in [-0.3, -0.25) is 4.68 Å². The lowest BCUT2D eigenvalue weighted by Crippen LogP contribution is -2.11. The SMILES string of the molecule is Cc1cc(-c2cc3n(n2)CCCNC3)nc2c(C)cc(F)cc12. The van der Waals surface area contributed by atoms with E-state index in [1.54, 1.807) is 6.07 Å². The highest BCUT2D eigenvalue weighted by atomic mass is 19.1. The molecule has 0 spiro atoms. The first-order chi connectivity index (χ1) is 11.1. The predicted molar refractivity (Wildman–Crippen MR) is 88.7 cm³/mol. The van der Waals surface area contributed by atoms with Crippen LogP contribution in [-0.2, 0) is 13.1 Å². The van der Waals surface area contributed by atoms with E-state index in [-0.39, 0.29) is 5.82 Å². The number of hydrogen-bond acceptors (Lipinski definition) is 3. The molecule has 3 aromatic rings. The third-order valence-electron chi connectivity index (χ3n) is 4.43. The predicted octanol–water partition coefficient (Wildman–Crippen LogP) is 3.35. The lowest BCUT2D eigenvalue weighted by molar-refractivity contribution is 0.589. The zero-order valence-electron chi connectivity index (χ0n) is 13.4. The molecular weight excluding hydrogens is 291 g/mol. The molecule has 23 heavy (non-hydrogen) atoms.